The first-order chi connectivity index (χ1) is 8.09. The zero-order valence-electron chi connectivity index (χ0n) is 9.84. The summed E-state index contributed by atoms with van der Waals surface area (Å²) in [5, 5.41) is 0. The van der Waals surface area contributed by atoms with Gasteiger partial charge in [-0.2, -0.15) is 9.78 Å². The summed E-state index contributed by atoms with van der Waals surface area (Å²) in [5.41, 5.74) is 0. The van der Waals surface area contributed by atoms with Crippen molar-refractivity contribution in [3.8, 4) is 0 Å². The molecule has 0 bridgehead atoms. The molecule has 1 aliphatic heterocycles. The van der Waals surface area contributed by atoms with Crippen LogP contribution >= 0.6 is 0 Å². The van der Waals surface area contributed by atoms with E-state index in [9.17, 15) is 9.59 Å². The highest BCUT2D eigenvalue weighted by Crippen LogP contribution is 2.18. The van der Waals surface area contributed by atoms with Gasteiger partial charge >= 0.3 is 11.9 Å². The van der Waals surface area contributed by atoms with E-state index in [-0.39, 0.29) is 6.61 Å². The predicted octanol–water partition coefficient (Wildman–Crippen LogP) is 0.523. The predicted molar refractivity (Wildman–Crippen MR) is 53.3 cm³/mol. The quantitative estimate of drug-likeness (QED) is 0.518. The average molecular weight is 248 g/mol. The van der Waals surface area contributed by atoms with Crippen molar-refractivity contribution in [2.45, 2.75) is 38.9 Å². The standard InChI is InChI=1S/C10H16O7/c1-7(11)15-14-6-10-9(4-3-5-13-10)17-16-8(2)12/h9-10H,3-6H2,1-2H3/t9-,10+/m0/s1. The van der Waals surface area contributed by atoms with E-state index in [1.165, 1.54) is 13.8 Å². The van der Waals surface area contributed by atoms with Gasteiger partial charge in [0.15, 0.2) is 0 Å². The Labute approximate surface area is 98.8 Å². The second-order valence-electron chi connectivity index (χ2n) is 3.62. The van der Waals surface area contributed by atoms with E-state index in [1.54, 1.807) is 0 Å². The maximum absolute atomic E-state index is 10.6. The SMILES string of the molecule is CC(=O)OOC[C@H]1OCCC[C@@H]1OOC(C)=O. The molecule has 0 unspecified atom stereocenters. The molecule has 98 valence electrons. The molecule has 1 rings (SSSR count). The highest BCUT2D eigenvalue weighted by molar-refractivity contribution is 5.65. The fourth-order valence-corrected chi connectivity index (χ4v) is 1.39. The summed E-state index contributed by atoms with van der Waals surface area (Å²) in [5.74, 6) is -1.08. The van der Waals surface area contributed by atoms with Gasteiger partial charge in [-0.25, -0.2) is 9.59 Å². The third-order valence-electron chi connectivity index (χ3n) is 2.08. The lowest BCUT2D eigenvalue weighted by Gasteiger charge is -2.28. The van der Waals surface area contributed by atoms with Crippen molar-refractivity contribution in [1.29, 1.82) is 0 Å². The molecular weight excluding hydrogens is 232 g/mol. The molecule has 0 amide bonds. The summed E-state index contributed by atoms with van der Waals surface area (Å²) in [6, 6.07) is 0. The lowest BCUT2D eigenvalue weighted by Crippen LogP contribution is -2.40. The van der Waals surface area contributed by atoms with Crippen LogP contribution < -0.4 is 0 Å². The third kappa shape index (κ3) is 5.62. The van der Waals surface area contributed by atoms with Gasteiger partial charge in [-0.05, 0) is 12.8 Å². The monoisotopic (exact) mass is 248 g/mol. The molecule has 0 radical (unpaired) electrons. The molecule has 0 spiro atoms. The van der Waals surface area contributed by atoms with Crippen LogP contribution in [-0.4, -0.2) is 37.4 Å². The van der Waals surface area contributed by atoms with Gasteiger partial charge in [0.05, 0.1) is 0 Å². The van der Waals surface area contributed by atoms with Gasteiger partial charge in [-0.1, -0.05) is 0 Å². The molecule has 0 aromatic rings. The van der Waals surface area contributed by atoms with Gasteiger partial charge in [-0.15, -0.1) is 0 Å². The Kier molecular flexibility index (Phi) is 5.88. The Hall–Kier alpha value is -1.18. The largest absolute Gasteiger partial charge is 0.373 e. The zero-order valence-corrected chi connectivity index (χ0v) is 9.84. The van der Waals surface area contributed by atoms with Gasteiger partial charge in [0.2, 0.25) is 0 Å². The highest BCUT2D eigenvalue weighted by Gasteiger charge is 2.29. The van der Waals surface area contributed by atoms with Crippen molar-refractivity contribution in [1.82, 2.24) is 0 Å². The van der Waals surface area contributed by atoms with E-state index < -0.39 is 24.1 Å². The second-order valence-corrected chi connectivity index (χ2v) is 3.62. The minimum atomic E-state index is -0.543. The van der Waals surface area contributed by atoms with Crippen molar-refractivity contribution in [2.24, 2.45) is 0 Å². The fraction of sp³-hybridized carbons (Fsp3) is 0.800. The number of ether oxygens (including phenoxy) is 1. The van der Waals surface area contributed by atoms with Crippen molar-refractivity contribution < 1.29 is 33.9 Å². The maximum atomic E-state index is 10.6. The normalized spacial score (nSPS) is 24.1. The van der Waals surface area contributed by atoms with Crippen LogP contribution in [0.5, 0.6) is 0 Å². The Morgan fingerprint density at radius 3 is 2.59 bits per heavy atom. The maximum Gasteiger partial charge on any atom is 0.339 e. The first kappa shape index (κ1) is 13.9. The van der Waals surface area contributed by atoms with Crippen molar-refractivity contribution >= 4 is 11.9 Å². The Morgan fingerprint density at radius 2 is 1.94 bits per heavy atom. The van der Waals surface area contributed by atoms with Crippen LogP contribution in [0.2, 0.25) is 0 Å². The average Bonchev–Trinajstić information content (AvgIpc) is 2.27. The highest BCUT2D eigenvalue weighted by atomic mass is 17.2. The summed E-state index contributed by atoms with van der Waals surface area (Å²) in [6.45, 7) is 3.07. The topological polar surface area (TPSA) is 80.3 Å². The Balaban J connectivity index is 2.31. The smallest absolute Gasteiger partial charge is 0.339 e. The van der Waals surface area contributed by atoms with Gasteiger partial charge in [0.1, 0.15) is 18.8 Å². The molecule has 1 fully saturated rings. The van der Waals surface area contributed by atoms with Gasteiger partial charge < -0.3 is 4.74 Å². The van der Waals surface area contributed by atoms with E-state index in [0.29, 0.717) is 13.0 Å². The molecule has 0 aromatic heterocycles. The van der Waals surface area contributed by atoms with Crippen LogP contribution in [0.15, 0.2) is 0 Å². The fourth-order valence-electron chi connectivity index (χ4n) is 1.39. The van der Waals surface area contributed by atoms with Crippen LogP contribution in [0.1, 0.15) is 26.7 Å². The summed E-state index contributed by atoms with van der Waals surface area (Å²) < 4.78 is 5.37. The summed E-state index contributed by atoms with van der Waals surface area (Å²) in [6.07, 6.45) is 0.642. The van der Waals surface area contributed by atoms with E-state index in [0.717, 1.165) is 6.42 Å². The van der Waals surface area contributed by atoms with Gasteiger partial charge in [0.25, 0.3) is 0 Å². The minimum absolute atomic E-state index is 0.0332. The van der Waals surface area contributed by atoms with Gasteiger partial charge in [0, 0.05) is 20.5 Å². The summed E-state index contributed by atoms with van der Waals surface area (Å²) in [4.78, 5) is 39.5. The van der Waals surface area contributed by atoms with Crippen LogP contribution in [0.4, 0.5) is 0 Å². The molecule has 0 saturated carbocycles. The first-order valence-corrected chi connectivity index (χ1v) is 5.35. The van der Waals surface area contributed by atoms with Crippen molar-refractivity contribution in [2.75, 3.05) is 13.2 Å². The molecule has 0 N–H and O–H groups in total. The molecule has 7 heteroatoms. The third-order valence-corrected chi connectivity index (χ3v) is 2.08. The first-order valence-electron chi connectivity index (χ1n) is 5.35. The number of rotatable bonds is 5. The molecule has 2 atom stereocenters. The van der Waals surface area contributed by atoms with Crippen molar-refractivity contribution in [3.63, 3.8) is 0 Å². The van der Waals surface area contributed by atoms with Crippen molar-refractivity contribution in [3.05, 3.63) is 0 Å². The zero-order chi connectivity index (χ0) is 12.7. The van der Waals surface area contributed by atoms with E-state index >= 15 is 0 Å². The molecule has 7 nitrogen and oxygen atoms in total. The number of hydrogen-bond donors (Lipinski definition) is 0. The number of carbonyl (C=O) groups excluding carboxylic acids is 2. The minimum Gasteiger partial charge on any atom is -0.373 e. The number of carbonyl (C=O) groups is 2. The lowest BCUT2D eigenvalue weighted by molar-refractivity contribution is -0.338. The molecule has 1 saturated heterocycles. The second kappa shape index (κ2) is 7.21. The van der Waals surface area contributed by atoms with Crippen LogP contribution in [0, 0.1) is 0 Å². The van der Waals surface area contributed by atoms with Crippen LogP contribution in [0.25, 0.3) is 0 Å². The molecule has 0 aromatic carbocycles. The van der Waals surface area contributed by atoms with Gasteiger partial charge in [-0.3, -0.25) is 9.78 Å². The molecule has 17 heavy (non-hydrogen) atoms. The summed E-state index contributed by atoms with van der Waals surface area (Å²) in [7, 11) is 0. The Morgan fingerprint density at radius 1 is 1.24 bits per heavy atom. The summed E-state index contributed by atoms with van der Waals surface area (Å²) >= 11 is 0. The Bertz CT molecular complexity index is 265. The molecular formula is C10H16O7. The van der Waals surface area contributed by atoms with Crippen LogP contribution in [-0.2, 0) is 33.9 Å². The lowest BCUT2D eigenvalue weighted by atomic mass is 10.1. The van der Waals surface area contributed by atoms with E-state index in [1.807, 2.05) is 0 Å². The molecule has 0 aliphatic carbocycles. The molecule has 1 aliphatic rings. The van der Waals surface area contributed by atoms with E-state index in [2.05, 4.69) is 14.7 Å². The van der Waals surface area contributed by atoms with E-state index in [4.69, 9.17) is 9.62 Å². The molecule has 1 heterocycles. The van der Waals surface area contributed by atoms with Crippen LogP contribution in [0.3, 0.4) is 0 Å². The number of hydrogen-bond acceptors (Lipinski definition) is 7.